The van der Waals surface area contributed by atoms with Crippen LogP contribution in [0.1, 0.15) is 10.4 Å². The smallest absolute Gasteiger partial charge is 0.234 e. The number of hydrogen-bond acceptors (Lipinski definition) is 5. The van der Waals surface area contributed by atoms with Crippen LogP contribution >= 0.6 is 50.6 Å². The molecule has 9 heteroatoms. The number of nitrogens with zero attached hydrogens (tertiary/aromatic N) is 3. The fourth-order valence-corrected chi connectivity index (χ4v) is 4.86. The predicted octanol–water partition coefficient (Wildman–Crippen LogP) is 5.96. The normalized spacial score (nSPS) is 10.9. The molecule has 0 aliphatic rings. The zero-order chi connectivity index (χ0) is 20.3. The molecule has 5 nitrogen and oxygen atoms in total. The van der Waals surface area contributed by atoms with Gasteiger partial charge in [-0.1, -0.05) is 45.4 Å². The Kier molecular flexibility index (Phi) is 6.98. The van der Waals surface area contributed by atoms with Crippen LogP contribution < -0.4 is 5.32 Å². The average Bonchev–Trinajstić information content (AvgIpc) is 3.19. The van der Waals surface area contributed by atoms with Gasteiger partial charge in [-0.15, -0.1) is 28.1 Å². The summed E-state index contributed by atoms with van der Waals surface area (Å²) in [5, 5.41) is 14.7. The highest BCUT2D eigenvalue weighted by molar-refractivity contribution is 9.10. The van der Waals surface area contributed by atoms with Crippen molar-refractivity contribution in [1.29, 1.82) is 0 Å². The Balaban J connectivity index is 1.74. The largest absolute Gasteiger partial charge is 0.324 e. The molecule has 0 atom stereocenters. The second-order valence-corrected chi connectivity index (χ2v) is 9.35. The number of halogens is 2. The number of anilines is 1. The lowest BCUT2D eigenvalue weighted by Crippen LogP contribution is -2.15. The molecule has 28 heavy (non-hydrogen) atoms. The third-order valence-electron chi connectivity index (χ3n) is 4.09. The van der Waals surface area contributed by atoms with Gasteiger partial charge in [0.2, 0.25) is 5.91 Å². The zero-order valence-electron chi connectivity index (χ0n) is 15.3. The third-order valence-corrected chi connectivity index (χ3v) is 6.88. The minimum atomic E-state index is -0.161. The number of hydrogen-bond donors (Lipinski definition) is 1. The predicted molar refractivity (Wildman–Crippen MR) is 122 cm³/mol. The fourth-order valence-electron chi connectivity index (χ4n) is 2.53. The van der Waals surface area contributed by atoms with Crippen molar-refractivity contribution in [3.8, 4) is 11.4 Å². The molecule has 1 N–H and O–H groups in total. The van der Waals surface area contributed by atoms with Crippen molar-refractivity contribution >= 4 is 62.2 Å². The summed E-state index contributed by atoms with van der Waals surface area (Å²) in [6.07, 6.45) is 1.80. The molecular formula is C19H18BrClN4OS2. The average molecular weight is 498 g/mol. The van der Waals surface area contributed by atoms with Crippen LogP contribution in [0, 0.1) is 13.8 Å². The zero-order valence-corrected chi connectivity index (χ0v) is 19.3. The quantitative estimate of drug-likeness (QED) is 0.323. The van der Waals surface area contributed by atoms with Gasteiger partial charge in [-0.05, 0) is 37.6 Å². The van der Waals surface area contributed by atoms with Gasteiger partial charge in [0.25, 0.3) is 0 Å². The Morgan fingerprint density at radius 3 is 2.86 bits per heavy atom. The van der Waals surface area contributed by atoms with Crippen LogP contribution in [0.15, 0.2) is 45.9 Å². The van der Waals surface area contributed by atoms with Crippen molar-refractivity contribution in [2.24, 2.45) is 0 Å². The Hall–Kier alpha value is -1.61. The number of aryl methyl sites for hydroxylation is 1. The van der Waals surface area contributed by atoms with E-state index in [0.29, 0.717) is 22.4 Å². The van der Waals surface area contributed by atoms with Gasteiger partial charge in [-0.2, -0.15) is 0 Å². The van der Waals surface area contributed by atoms with E-state index in [2.05, 4.69) is 57.3 Å². The number of rotatable bonds is 7. The van der Waals surface area contributed by atoms with Gasteiger partial charge in [0.05, 0.1) is 16.5 Å². The maximum absolute atomic E-state index is 12.3. The Bertz CT molecular complexity index is 1030. The number of carbonyl (C=O) groups excluding carboxylic acids is 1. The van der Waals surface area contributed by atoms with Crippen molar-refractivity contribution in [1.82, 2.24) is 14.8 Å². The van der Waals surface area contributed by atoms with E-state index in [1.54, 1.807) is 29.5 Å². The minimum absolute atomic E-state index is 0.161. The van der Waals surface area contributed by atoms with Crippen molar-refractivity contribution in [2.75, 3.05) is 11.1 Å². The van der Waals surface area contributed by atoms with Gasteiger partial charge in [0.1, 0.15) is 0 Å². The second kappa shape index (κ2) is 9.26. The van der Waals surface area contributed by atoms with Crippen molar-refractivity contribution in [3.05, 3.63) is 56.2 Å². The van der Waals surface area contributed by atoms with Gasteiger partial charge in [0.15, 0.2) is 11.0 Å². The topological polar surface area (TPSA) is 59.8 Å². The number of thiophene rings is 1. The highest BCUT2D eigenvalue weighted by atomic mass is 79.9. The summed E-state index contributed by atoms with van der Waals surface area (Å²) in [5.74, 6) is 0.829. The summed E-state index contributed by atoms with van der Waals surface area (Å²) >= 11 is 12.5. The van der Waals surface area contributed by atoms with Crippen molar-refractivity contribution in [3.63, 3.8) is 0 Å². The first kappa shape index (κ1) is 21.1. The molecule has 0 unspecified atom stereocenters. The molecule has 1 amide bonds. The highest BCUT2D eigenvalue weighted by Crippen LogP contribution is 2.32. The highest BCUT2D eigenvalue weighted by Gasteiger charge is 2.18. The summed E-state index contributed by atoms with van der Waals surface area (Å²) in [6, 6.07) is 5.32. The molecule has 0 saturated heterocycles. The molecule has 2 aromatic heterocycles. The molecule has 0 radical (unpaired) electrons. The van der Waals surface area contributed by atoms with E-state index in [1.807, 2.05) is 10.6 Å². The van der Waals surface area contributed by atoms with Crippen LogP contribution in [0.25, 0.3) is 11.4 Å². The lowest BCUT2D eigenvalue weighted by molar-refractivity contribution is -0.113. The molecule has 0 aliphatic carbocycles. The van der Waals surface area contributed by atoms with Crippen molar-refractivity contribution in [2.45, 2.75) is 25.5 Å². The third kappa shape index (κ3) is 4.68. The summed E-state index contributed by atoms with van der Waals surface area (Å²) in [5.41, 5.74) is 2.84. The summed E-state index contributed by atoms with van der Waals surface area (Å²) in [6.45, 7) is 8.56. The molecule has 0 saturated carbocycles. The van der Waals surface area contributed by atoms with E-state index in [4.69, 9.17) is 11.6 Å². The second-order valence-electron chi connectivity index (χ2n) is 6.00. The molecule has 0 aliphatic heterocycles. The number of nitrogens with one attached hydrogen (secondary N) is 1. The van der Waals surface area contributed by atoms with Crippen LogP contribution in [-0.4, -0.2) is 26.4 Å². The number of thioether (sulfide) groups is 1. The lowest BCUT2D eigenvalue weighted by atomic mass is 10.1. The first-order valence-corrected chi connectivity index (χ1v) is 11.4. The Labute approximate surface area is 185 Å². The van der Waals surface area contributed by atoms with E-state index in [0.717, 1.165) is 15.9 Å². The molecule has 0 fully saturated rings. The van der Waals surface area contributed by atoms with E-state index in [1.165, 1.54) is 22.2 Å². The SMILES string of the molecule is C=CCn1c(SCC(=O)Nc2ccc(Br)cc2Cl)nnc1-c1csc(C)c1C. The monoisotopic (exact) mass is 496 g/mol. The molecular weight excluding hydrogens is 480 g/mol. The Morgan fingerprint density at radius 1 is 1.43 bits per heavy atom. The Morgan fingerprint density at radius 2 is 2.21 bits per heavy atom. The summed E-state index contributed by atoms with van der Waals surface area (Å²) in [7, 11) is 0. The number of allylic oxidation sites excluding steroid dienone is 1. The van der Waals surface area contributed by atoms with Crippen LogP contribution in [0.3, 0.4) is 0 Å². The van der Waals surface area contributed by atoms with Gasteiger partial charge < -0.3 is 5.32 Å². The maximum Gasteiger partial charge on any atom is 0.234 e. The number of benzene rings is 1. The van der Waals surface area contributed by atoms with Crippen LogP contribution in [-0.2, 0) is 11.3 Å². The van der Waals surface area contributed by atoms with Gasteiger partial charge in [0, 0.05) is 26.8 Å². The molecule has 3 aromatic rings. The number of carbonyl (C=O) groups is 1. The van der Waals surface area contributed by atoms with Crippen LogP contribution in [0.4, 0.5) is 5.69 Å². The van der Waals surface area contributed by atoms with E-state index < -0.39 is 0 Å². The van der Waals surface area contributed by atoms with E-state index in [-0.39, 0.29) is 11.7 Å². The van der Waals surface area contributed by atoms with Gasteiger partial charge in [-0.25, -0.2) is 0 Å². The van der Waals surface area contributed by atoms with Crippen LogP contribution in [0.5, 0.6) is 0 Å². The standard InChI is InChI=1S/C19H18BrClN4OS2/c1-4-7-25-18(14-9-27-12(3)11(14)2)23-24-19(25)28-10-17(26)22-16-6-5-13(20)8-15(16)21/h4-6,8-9H,1,7,10H2,2-3H3,(H,22,26). The molecule has 0 bridgehead atoms. The summed E-state index contributed by atoms with van der Waals surface area (Å²) < 4.78 is 2.83. The van der Waals surface area contributed by atoms with Gasteiger partial charge >= 0.3 is 0 Å². The van der Waals surface area contributed by atoms with E-state index in [9.17, 15) is 4.79 Å². The molecule has 1 aromatic carbocycles. The minimum Gasteiger partial charge on any atom is -0.324 e. The lowest BCUT2D eigenvalue weighted by Gasteiger charge is -2.09. The molecule has 0 spiro atoms. The van der Waals surface area contributed by atoms with E-state index >= 15 is 0 Å². The van der Waals surface area contributed by atoms with Gasteiger partial charge in [-0.3, -0.25) is 9.36 Å². The van der Waals surface area contributed by atoms with Crippen LogP contribution in [0.2, 0.25) is 5.02 Å². The first-order valence-electron chi connectivity index (χ1n) is 8.37. The maximum atomic E-state index is 12.3. The number of aromatic nitrogens is 3. The summed E-state index contributed by atoms with van der Waals surface area (Å²) in [4.78, 5) is 13.6. The van der Waals surface area contributed by atoms with Crippen molar-refractivity contribution < 1.29 is 4.79 Å². The number of amides is 1. The molecule has 3 rings (SSSR count). The molecule has 2 heterocycles. The fraction of sp³-hybridized carbons (Fsp3) is 0.211. The molecule has 146 valence electrons. The first-order chi connectivity index (χ1) is 13.4.